The summed E-state index contributed by atoms with van der Waals surface area (Å²) in [5, 5.41) is 13.3. The molecule has 0 radical (unpaired) electrons. The van der Waals surface area contributed by atoms with E-state index in [9.17, 15) is 14.7 Å². The van der Waals surface area contributed by atoms with E-state index >= 15 is 0 Å². The quantitative estimate of drug-likeness (QED) is 0.492. The van der Waals surface area contributed by atoms with Crippen molar-refractivity contribution in [2.75, 3.05) is 5.32 Å². The predicted molar refractivity (Wildman–Crippen MR) is 123 cm³/mol. The van der Waals surface area contributed by atoms with E-state index in [2.05, 4.69) is 5.32 Å². The third-order valence-electron chi connectivity index (χ3n) is 5.38. The van der Waals surface area contributed by atoms with Crippen LogP contribution >= 0.6 is 0 Å². The number of anilines is 1. The van der Waals surface area contributed by atoms with Gasteiger partial charge in [0.1, 0.15) is 5.82 Å². The zero-order chi connectivity index (χ0) is 22.1. The summed E-state index contributed by atoms with van der Waals surface area (Å²) in [7, 11) is 1.73. The lowest BCUT2D eigenvalue weighted by molar-refractivity contribution is 0.0698. The van der Waals surface area contributed by atoms with E-state index in [1.54, 1.807) is 35.9 Å². The van der Waals surface area contributed by atoms with Crippen molar-refractivity contribution in [3.8, 4) is 11.4 Å². The Morgan fingerprint density at radius 1 is 1.06 bits per heavy atom. The van der Waals surface area contributed by atoms with E-state index in [-0.39, 0.29) is 17.2 Å². The van der Waals surface area contributed by atoms with Gasteiger partial charge in [-0.15, -0.1) is 0 Å². The van der Waals surface area contributed by atoms with Crippen molar-refractivity contribution in [3.63, 3.8) is 0 Å². The molecule has 1 unspecified atom stereocenters. The summed E-state index contributed by atoms with van der Waals surface area (Å²) < 4.78 is 1.57. The first-order chi connectivity index (χ1) is 14.9. The van der Waals surface area contributed by atoms with E-state index in [1.807, 2.05) is 56.3 Å². The minimum atomic E-state index is -0.997. The average molecular weight is 413 g/mol. The molecule has 6 nitrogen and oxygen atoms in total. The Morgan fingerprint density at radius 3 is 2.45 bits per heavy atom. The Hall–Kier alpha value is -3.93. The van der Waals surface area contributed by atoms with Gasteiger partial charge in [-0.3, -0.25) is 9.36 Å². The van der Waals surface area contributed by atoms with Crippen molar-refractivity contribution >= 4 is 22.6 Å². The molecule has 1 heterocycles. The Bertz CT molecular complexity index is 1340. The van der Waals surface area contributed by atoms with Crippen LogP contribution in [0.3, 0.4) is 0 Å². The van der Waals surface area contributed by atoms with Gasteiger partial charge in [0.05, 0.1) is 22.5 Å². The van der Waals surface area contributed by atoms with Gasteiger partial charge < -0.3 is 10.4 Å². The number of fused-ring (bicyclic) bond motifs is 1. The molecule has 4 rings (SSSR count). The van der Waals surface area contributed by atoms with Gasteiger partial charge in [0, 0.05) is 23.9 Å². The monoisotopic (exact) mass is 413 g/mol. The van der Waals surface area contributed by atoms with Crippen molar-refractivity contribution in [1.29, 1.82) is 0 Å². The van der Waals surface area contributed by atoms with Gasteiger partial charge in [0.25, 0.3) is 5.56 Å². The molecule has 0 bridgehead atoms. The summed E-state index contributed by atoms with van der Waals surface area (Å²) >= 11 is 0. The number of hydrogen-bond donors (Lipinski definition) is 2. The maximum atomic E-state index is 13.2. The topological polar surface area (TPSA) is 84.2 Å². The first-order valence-corrected chi connectivity index (χ1v) is 10.0. The van der Waals surface area contributed by atoms with Crippen molar-refractivity contribution < 1.29 is 9.90 Å². The molecular weight excluding hydrogens is 390 g/mol. The zero-order valence-corrected chi connectivity index (χ0v) is 17.6. The van der Waals surface area contributed by atoms with Crippen molar-refractivity contribution in [2.24, 2.45) is 7.05 Å². The highest BCUT2D eigenvalue weighted by molar-refractivity contribution is 5.94. The highest BCUT2D eigenvalue weighted by atomic mass is 16.4. The normalized spacial score (nSPS) is 12.0. The third kappa shape index (κ3) is 3.80. The molecule has 0 amide bonds. The van der Waals surface area contributed by atoms with Crippen LogP contribution in [0.25, 0.3) is 22.3 Å². The molecular formula is C25H23N3O3. The molecule has 1 atom stereocenters. The van der Waals surface area contributed by atoms with E-state index in [0.29, 0.717) is 22.4 Å². The molecule has 156 valence electrons. The summed E-state index contributed by atoms with van der Waals surface area (Å²) in [5.41, 5.74) is 3.84. The fourth-order valence-electron chi connectivity index (χ4n) is 3.83. The maximum Gasteiger partial charge on any atom is 0.337 e. The van der Waals surface area contributed by atoms with Crippen LogP contribution in [0.2, 0.25) is 0 Å². The Labute approximate surface area is 179 Å². The number of aromatic carboxylic acids is 1. The Morgan fingerprint density at radius 2 is 1.74 bits per heavy atom. The minimum absolute atomic E-state index is 0.119. The smallest absolute Gasteiger partial charge is 0.337 e. The number of carbonyl (C=O) groups is 1. The minimum Gasteiger partial charge on any atom is -0.478 e. The lowest BCUT2D eigenvalue weighted by Crippen LogP contribution is -2.22. The first-order valence-electron chi connectivity index (χ1n) is 10.0. The van der Waals surface area contributed by atoms with Crippen LogP contribution in [-0.4, -0.2) is 20.6 Å². The predicted octanol–water partition coefficient (Wildman–Crippen LogP) is 4.78. The van der Waals surface area contributed by atoms with Crippen LogP contribution in [-0.2, 0) is 7.05 Å². The summed E-state index contributed by atoms with van der Waals surface area (Å²) in [4.78, 5) is 29.6. The Kier molecular flexibility index (Phi) is 5.29. The number of nitrogens with one attached hydrogen (secondary N) is 1. The van der Waals surface area contributed by atoms with Crippen LogP contribution in [0.15, 0.2) is 71.5 Å². The summed E-state index contributed by atoms with van der Waals surface area (Å²) in [5.74, 6) is -0.413. The molecule has 4 aromatic rings. The lowest BCUT2D eigenvalue weighted by atomic mass is 10.00. The molecule has 31 heavy (non-hydrogen) atoms. The van der Waals surface area contributed by atoms with Crippen LogP contribution in [0.5, 0.6) is 0 Å². The lowest BCUT2D eigenvalue weighted by Gasteiger charge is -2.20. The van der Waals surface area contributed by atoms with Gasteiger partial charge in [-0.1, -0.05) is 48.5 Å². The summed E-state index contributed by atoms with van der Waals surface area (Å²) in [6.07, 6.45) is 0. The van der Waals surface area contributed by atoms with E-state index < -0.39 is 5.97 Å². The fraction of sp³-hybridized carbons (Fsp3) is 0.160. The molecule has 1 aromatic heterocycles. The van der Waals surface area contributed by atoms with Gasteiger partial charge in [-0.2, -0.15) is 0 Å². The number of aromatic nitrogens is 2. The second-order valence-electron chi connectivity index (χ2n) is 7.63. The largest absolute Gasteiger partial charge is 0.478 e. The van der Waals surface area contributed by atoms with Gasteiger partial charge >= 0.3 is 5.97 Å². The highest BCUT2D eigenvalue weighted by Crippen LogP contribution is 2.29. The fourth-order valence-corrected chi connectivity index (χ4v) is 3.83. The number of rotatable bonds is 5. The molecule has 0 aliphatic rings. The molecule has 0 aliphatic carbocycles. The van der Waals surface area contributed by atoms with Crippen molar-refractivity contribution in [1.82, 2.24) is 9.55 Å². The molecule has 0 spiro atoms. The molecule has 0 fully saturated rings. The number of nitrogens with zero attached hydrogens (tertiary/aromatic N) is 2. The van der Waals surface area contributed by atoms with Crippen molar-refractivity contribution in [3.05, 3.63) is 93.8 Å². The van der Waals surface area contributed by atoms with Crippen molar-refractivity contribution in [2.45, 2.75) is 19.9 Å². The number of hydrogen-bond acceptors (Lipinski definition) is 4. The number of aryl methyl sites for hydroxylation is 1. The van der Waals surface area contributed by atoms with E-state index in [1.165, 1.54) is 0 Å². The van der Waals surface area contributed by atoms with Gasteiger partial charge in [-0.05, 0) is 37.6 Å². The number of benzene rings is 3. The van der Waals surface area contributed by atoms with Crippen LogP contribution in [0, 0.1) is 6.92 Å². The third-order valence-corrected chi connectivity index (χ3v) is 5.38. The average Bonchev–Trinajstić information content (AvgIpc) is 2.77. The van der Waals surface area contributed by atoms with Gasteiger partial charge in [-0.25, -0.2) is 9.78 Å². The van der Waals surface area contributed by atoms with Gasteiger partial charge in [0.15, 0.2) is 0 Å². The number of carboxylic acids is 1. The van der Waals surface area contributed by atoms with Gasteiger partial charge in [0.2, 0.25) is 0 Å². The van der Waals surface area contributed by atoms with E-state index in [0.717, 1.165) is 16.7 Å². The number of para-hydroxylation sites is 1. The van der Waals surface area contributed by atoms with Crippen LogP contribution in [0.1, 0.15) is 34.5 Å². The van der Waals surface area contributed by atoms with E-state index in [4.69, 9.17) is 4.98 Å². The molecule has 0 saturated heterocycles. The summed E-state index contributed by atoms with van der Waals surface area (Å²) in [6.45, 7) is 3.87. The SMILES string of the molecule is Cc1cc(C(C)Nc2ccccc2C(=O)O)c2nc(-c3ccccc3)n(C)c(=O)c2c1. The highest BCUT2D eigenvalue weighted by Gasteiger charge is 2.19. The van der Waals surface area contributed by atoms with Crippen LogP contribution < -0.4 is 10.9 Å². The summed E-state index contributed by atoms with van der Waals surface area (Å²) in [6, 6.07) is 19.9. The first kappa shape index (κ1) is 20.3. The molecule has 0 saturated carbocycles. The second-order valence-corrected chi connectivity index (χ2v) is 7.63. The van der Waals surface area contributed by atoms with Crippen LogP contribution in [0.4, 0.5) is 5.69 Å². The number of carboxylic acid groups (broad SMARTS) is 1. The standard InChI is InChI=1S/C25H23N3O3/c1-15-13-19(16(2)26-21-12-8-7-11-18(21)25(30)31)22-20(14-15)24(29)28(3)23(27-22)17-9-5-4-6-10-17/h4-14,16,26H,1-3H3,(H,30,31). The maximum absolute atomic E-state index is 13.2. The molecule has 0 aliphatic heterocycles. The second kappa shape index (κ2) is 8.07. The Balaban J connectivity index is 1.89. The molecule has 3 aromatic carbocycles. The zero-order valence-electron chi connectivity index (χ0n) is 17.6. The molecule has 2 N–H and O–H groups in total. The molecule has 6 heteroatoms.